The summed E-state index contributed by atoms with van der Waals surface area (Å²) in [4.78, 5) is 10.4. The number of benzene rings is 1. The Hall–Kier alpha value is -2.08. The van der Waals surface area contributed by atoms with Gasteiger partial charge in [0.2, 0.25) is 5.96 Å². The zero-order valence-corrected chi connectivity index (χ0v) is 12.5. The second-order valence-electron chi connectivity index (χ2n) is 5.49. The highest BCUT2D eigenvalue weighted by Crippen LogP contribution is 2.21. The first-order valence-corrected chi connectivity index (χ1v) is 7.31. The molecule has 21 heavy (non-hydrogen) atoms. The fraction of sp³-hybridized carbons (Fsp3) is 0.467. The van der Waals surface area contributed by atoms with E-state index < -0.39 is 0 Å². The summed E-state index contributed by atoms with van der Waals surface area (Å²) in [6.07, 6.45) is 3.88. The van der Waals surface area contributed by atoms with Crippen LogP contribution < -0.4 is 17.2 Å². The summed E-state index contributed by atoms with van der Waals surface area (Å²) in [6, 6.07) is 8.63. The molecule has 1 heterocycles. The number of aliphatic imine (C=N–C) groups is 2. The van der Waals surface area contributed by atoms with Gasteiger partial charge in [-0.05, 0) is 44.0 Å². The molecule has 1 unspecified atom stereocenters. The fourth-order valence-electron chi connectivity index (χ4n) is 2.64. The molecule has 1 fully saturated rings. The van der Waals surface area contributed by atoms with Crippen molar-refractivity contribution in [2.24, 2.45) is 27.2 Å². The third-order valence-electron chi connectivity index (χ3n) is 3.72. The van der Waals surface area contributed by atoms with E-state index in [-0.39, 0.29) is 11.9 Å². The zero-order valence-electron chi connectivity index (χ0n) is 12.5. The Morgan fingerprint density at radius 3 is 2.81 bits per heavy atom. The molecule has 1 atom stereocenters. The number of piperidine rings is 1. The molecule has 1 saturated heterocycles. The lowest BCUT2D eigenvalue weighted by Gasteiger charge is -2.33. The van der Waals surface area contributed by atoms with E-state index in [2.05, 4.69) is 27.9 Å². The van der Waals surface area contributed by atoms with E-state index in [0.29, 0.717) is 6.04 Å². The van der Waals surface area contributed by atoms with Gasteiger partial charge in [0.15, 0.2) is 5.96 Å². The van der Waals surface area contributed by atoms with Crippen molar-refractivity contribution in [3.05, 3.63) is 29.8 Å². The smallest absolute Gasteiger partial charge is 0.223 e. The summed E-state index contributed by atoms with van der Waals surface area (Å²) in [5, 5.41) is 0. The van der Waals surface area contributed by atoms with E-state index in [1.807, 2.05) is 18.2 Å². The zero-order chi connectivity index (χ0) is 15.2. The first-order valence-electron chi connectivity index (χ1n) is 7.31. The van der Waals surface area contributed by atoms with E-state index >= 15 is 0 Å². The highest BCUT2D eigenvalue weighted by atomic mass is 15.2. The van der Waals surface area contributed by atoms with Crippen molar-refractivity contribution in [1.29, 1.82) is 0 Å². The standard InChI is InChI=1S/C15H24N6/c1-11-5-2-3-8-21(11)10-12-6-4-7-13(9-12)19-15(18)20-14(16)17/h4,6-7,9,11H,2-3,5,8,10H2,1H3,(H6,16,17,18,19,20). The molecule has 0 radical (unpaired) electrons. The van der Waals surface area contributed by atoms with Gasteiger partial charge in [0, 0.05) is 12.6 Å². The predicted molar refractivity (Wildman–Crippen MR) is 87.3 cm³/mol. The number of hydrogen-bond acceptors (Lipinski definition) is 2. The molecule has 0 aromatic heterocycles. The van der Waals surface area contributed by atoms with Gasteiger partial charge in [-0.1, -0.05) is 18.6 Å². The van der Waals surface area contributed by atoms with Gasteiger partial charge in [-0.3, -0.25) is 4.90 Å². The third kappa shape index (κ3) is 4.75. The molecule has 6 heteroatoms. The quantitative estimate of drug-likeness (QED) is 0.575. The summed E-state index contributed by atoms with van der Waals surface area (Å²) < 4.78 is 0. The fourth-order valence-corrected chi connectivity index (χ4v) is 2.64. The van der Waals surface area contributed by atoms with Gasteiger partial charge in [0.1, 0.15) is 0 Å². The molecule has 1 aliphatic heterocycles. The molecule has 114 valence electrons. The van der Waals surface area contributed by atoms with E-state index in [0.717, 1.165) is 18.8 Å². The molecule has 0 spiro atoms. The highest BCUT2D eigenvalue weighted by Gasteiger charge is 2.17. The SMILES string of the molecule is CC1CCCCN1Cc1cccc(N=C(N)N=C(N)N)c1. The Morgan fingerprint density at radius 2 is 2.10 bits per heavy atom. The lowest BCUT2D eigenvalue weighted by Crippen LogP contribution is -2.36. The molecule has 1 aromatic carbocycles. The van der Waals surface area contributed by atoms with Crippen molar-refractivity contribution < 1.29 is 0 Å². The maximum absolute atomic E-state index is 5.66. The summed E-state index contributed by atoms with van der Waals surface area (Å²) in [5.41, 5.74) is 18.2. The van der Waals surface area contributed by atoms with Crippen LogP contribution in [0.3, 0.4) is 0 Å². The lowest BCUT2D eigenvalue weighted by atomic mass is 10.0. The number of rotatable bonds is 3. The van der Waals surface area contributed by atoms with Crippen LogP contribution in [-0.2, 0) is 6.54 Å². The van der Waals surface area contributed by atoms with Crippen LogP contribution in [0, 0.1) is 0 Å². The van der Waals surface area contributed by atoms with Crippen LogP contribution in [0.4, 0.5) is 5.69 Å². The van der Waals surface area contributed by atoms with Crippen molar-refractivity contribution >= 4 is 17.6 Å². The third-order valence-corrected chi connectivity index (χ3v) is 3.72. The van der Waals surface area contributed by atoms with E-state index in [4.69, 9.17) is 17.2 Å². The van der Waals surface area contributed by atoms with Gasteiger partial charge < -0.3 is 17.2 Å². The van der Waals surface area contributed by atoms with E-state index in [1.54, 1.807) is 0 Å². The van der Waals surface area contributed by atoms with Gasteiger partial charge in [-0.25, -0.2) is 4.99 Å². The Balaban J connectivity index is 2.09. The van der Waals surface area contributed by atoms with E-state index in [1.165, 1.54) is 24.8 Å². The van der Waals surface area contributed by atoms with Gasteiger partial charge in [-0.15, -0.1) is 0 Å². The summed E-state index contributed by atoms with van der Waals surface area (Å²) in [6.45, 7) is 4.38. The van der Waals surface area contributed by atoms with Crippen LogP contribution in [0.15, 0.2) is 34.3 Å². The van der Waals surface area contributed by atoms with Crippen LogP contribution >= 0.6 is 0 Å². The van der Waals surface area contributed by atoms with Crippen molar-refractivity contribution in [2.75, 3.05) is 6.54 Å². The van der Waals surface area contributed by atoms with Gasteiger partial charge in [0.25, 0.3) is 0 Å². The highest BCUT2D eigenvalue weighted by molar-refractivity contribution is 5.93. The topological polar surface area (TPSA) is 106 Å². The maximum atomic E-state index is 5.66. The number of likely N-dealkylation sites (tertiary alicyclic amines) is 1. The first kappa shape index (κ1) is 15.3. The molecule has 0 amide bonds. The van der Waals surface area contributed by atoms with Crippen molar-refractivity contribution in [1.82, 2.24) is 4.90 Å². The minimum absolute atomic E-state index is 0.0680. The Bertz CT molecular complexity index is 533. The molecular weight excluding hydrogens is 264 g/mol. The maximum Gasteiger partial charge on any atom is 0.223 e. The number of nitrogens with two attached hydrogens (primary N) is 3. The number of hydrogen-bond donors (Lipinski definition) is 3. The second-order valence-corrected chi connectivity index (χ2v) is 5.49. The van der Waals surface area contributed by atoms with Crippen LogP contribution in [0.5, 0.6) is 0 Å². The summed E-state index contributed by atoms with van der Waals surface area (Å²) in [7, 11) is 0. The van der Waals surface area contributed by atoms with Gasteiger partial charge in [0.05, 0.1) is 5.69 Å². The largest absolute Gasteiger partial charge is 0.370 e. The number of nitrogens with zero attached hydrogens (tertiary/aromatic N) is 3. The van der Waals surface area contributed by atoms with Crippen LogP contribution in [0.1, 0.15) is 31.7 Å². The molecular formula is C15H24N6. The molecule has 0 bridgehead atoms. The van der Waals surface area contributed by atoms with Gasteiger partial charge >= 0.3 is 0 Å². The van der Waals surface area contributed by atoms with Crippen LogP contribution in [-0.4, -0.2) is 29.4 Å². The molecule has 6 nitrogen and oxygen atoms in total. The van der Waals surface area contributed by atoms with Crippen molar-refractivity contribution in [2.45, 2.75) is 38.8 Å². The molecule has 2 rings (SSSR count). The average molecular weight is 288 g/mol. The second kappa shape index (κ2) is 7.08. The predicted octanol–water partition coefficient (Wildman–Crippen LogP) is 1.28. The van der Waals surface area contributed by atoms with Gasteiger partial charge in [-0.2, -0.15) is 4.99 Å². The monoisotopic (exact) mass is 288 g/mol. The van der Waals surface area contributed by atoms with Crippen molar-refractivity contribution in [3.8, 4) is 0 Å². The lowest BCUT2D eigenvalue weighted by molar-refractivity contribution is 0.152. The Morgan fingerprint density at radius 1 is 1.29 bits per heavy atom. The van der Waals surface area contributed by atoms with Crippen LogP contribution in [0.2, 0.25) is 0 Å². The molecule has 0 saturated carbocycles. The normalized spacial score (nSPS) is 20.2. The minimum Gasteiger partial charge on any atom is -0.370 e. The first-order chi connectivity index (χ1) is 10.0. The molecule has 0 aliphatic carbocycles. The molecule has 1 aromatic rings. The summed E-state index contributed by atoms with van der Waals surface area (Å²) in [5.74, 6) is -0.0203. The molecule has 6 N–H and O–H groups in total. The average Bonchev–Trinajstić information content (AvgIpc) is 2.41. The Kier molecular flexibility index (Phi) is 5.16. The summed E-state index contributed by atoms with van der Waals surface area (Å²) >= 11 is 0. The van der Waals surface area contributed by atoms with Crippen molar-refractivity contribution in [3.63, 3.8) is 0 Å². The Labute approximate surface area is 125 Å². The van der Waals surface area contributed by atoms with Crippen LogP contribution in [0.25, 0.3) is 0 Å². The van der Waals surface area contributed by atoms with E-state index in [9.17, 15) is 0 Å². The number of guanidine groups is 2. The minimum atomic E-state index is -0.0884. The molecule has 1 aliphatic rings.